The molecule has 1 saturated heterocycles. The number of nitrogens with one attached hydrogen (secondary N) is 1. The summed E-state index contributed by atoms with van der Waals surface area (Å²) in [6.07, 6.45) is 0.287. The predicted octanol–water partition coefficient (Wildman–Crippen LogP) is 4.72. The van der Waals surface area contributed by atoms with Gasteiger partial charge >= 0.3 is 0 Å². The van der Waals surface area contributed by atoms with Crippen LogP contribution in [0.25, 0.3) is 0 Å². The first-order chi connectivity index (χ1) is 15.9. The Kier molecular flexibility index (Phi) is 6.89. The SMILES string of the molecule is COc1ccc(CC(=O)Nc2ccc([C@@H]3SCC(=O)N3c3ccc(N(C)C)cc3)cc2)cc1. The maximum absolute atomic E-state index is 12.6. The number of amides is 2. The van der Waals surface area contributed by atoms with Crippen LogP contribution in [-0.4, -0.2) is 38.8 Å². The summed E-state index contributed by atoms with van der Waals surface area (Å²) in [4.78, 5) is 28.9. The van der Waals surface area contributed by atoms with Crippen LogP contribution in [0.3, 0.4) is 0 Å². The number of methoxy groups -OCH3 is 1. The lowest BCUT2D eigenvalue weighted by atomic mass is 10.1. The van der Waals surface area contributed by atoms with Crippen LogP contribution in [0, 0.1) is 0 Å². The van der Waals surface area contributed by atoms with E-state index in [4.69, 9.17) is 4.74 Å². The molecule has 1 heterocycles. The molecule has 0 unspecified atom stereocenters. The van der Waals surface area contributed by atoms with Gasteiger partial charge in [0.05, 0.1) is 19.3 Å². The minimum atomic E-state index is -0.0910. The third-order valence-electron chi connectivity index (χ3n) is 5.52. The Morgan fingerprint density at radius 3 is 2.30 bits per heavy atom. The molecule has 1 N–H and O–H groups in total. The fourth-order valence-electron chi connectivity index (χ4n) is 3.73. The summed E-state index contributed by atoms with van der Waals surface area (Å²) >= 11 is 1.61. The van der Waals surface area contributed by atoms with Gasteiger partial charge in [-0.25, -0.2) is 0 Å². The third-order valence-corrected chi connectivity index (χ3v) is 6.73. The number of rotatable bonds is 7. The molecule has 6 nitrogen and oxygen atoms in total. The van der Waals surface area contributed by atoms with Crippen molar-refractivity contribution in [2.45, 2.75) is 11.8 Å². The Balaban J connectivity index is 1.43. The van der Waals surface area contributed by atoms with Gasteiger partial charge in [-0.2, -0.15) is 0 Å². The van der Waals surface area contributed by atoms with E-state index in [0.29, 0.717) is 5.75 Å². The first kappa shape index (κ1) is 22.7. The summed E-state index contributed by atoms with van der Waals surface area (Å²) in [5, 5.41) is 2.85. The number of benzene rings is 3. The summed E-state index contributed by atoms with van der Waals surface area (Å²) in [5.41, 5.74) is 4.65. The zero-order valence-corrected chi connectivity index (χ0v) is 19.8. The number of carbonyl (C=O) groups is 2. The van der Waals surface area contributed by atoms with Crippen molar-refractivity contribution < 1.29 is 14.3 Å². The zero-order chi connectivity index (χ0) is 23.4. The predicted molar refractivity (Wildman–Crippen MR) is 135 cm³/mol. The van der Waals surface area contributed by atoms with Gasteiger partial charge in [0.1, 0.15) is 11.1 Å². The zero-order valence-electron chi connectivity index (χ0n) is 18.9. The Morgan fingerprint density at radius 1 is 1.03 bits per heavy atom. The smallest absolute Gasteiger partial charge is 0.238 e. The minimum Gasteiger partial charge on any atom is -0.497 e. The van der Waals surface area contributed by atoms with Gasteiger partial charge in [0.15, 0.2) is 0 Å². The maximum atomic E-state index is 12.6. The number of anilines is 3. The van der Waals surface area contributed by atoms with Crippen molar-refractivity contribution in [2.24, 2.45) is 0 Å². The summed E-state index contributed by atoms with van der Waals surface area (Å²) in [7, 11) is 5.60. The van der Waals surface area contributed by atoms with Gasteiger partial charge in [-0.1, -0.05) is 24.3 Å². The molecule has 0 spiro atoms. The van der Waals surface area contributed by atoms with Gasteiger partial charge in [0.2, 0.25) is 11.8 Å². The number of nitrogens with zero attached hydrogens (tertiary/aromatic N) is 2. The molecule has 170 valence electrons. The molecule has 0 aromatic heterocycles. The quantitative estimate of drug-likeness (QED) is 0.552. The van der Waals surface area contributed by atoms with Crippen LogP contribution < -0.4 is 19.9 Å². The second-order valence-electron chi connectivity index (χ2n) is 8.03. The molecular weight excluding hydrogens is 434 g/mol. The highest BCUT2D eigenvalue weighted by Gasteiger charge is 2.34. The molecule has 1 aliphatic heterocycles. The third kappa shape index (κ3) is 5.31. The number of hydrogen-bond acceptors (Lipinski definition) is 5. The normalized spacial score (nSPS) is 15.4. The van der Waals surface area contributed by atoms with Crippen LogP contribution in [-0.2, 0) is 16.0 Å². The van der Waals surface area contributed by atoms with Crippen LogP contribution in [0.1, 0.15) is 16.5 Å². The monoisotopic (exact) mass is 461 g/mol. The second kappa shape index (κ2) is 10.0. The molecule has 4 rings (SSSR count). The summed E-state index contributed by atoms with van der Waals surface area (Å²) in [6.45, 7) is 0. The van der Waals surface area contributed by atoms with Gasteiger partial charge in [0.25, 0.3) is 0 Å². The van der Waals surface area contributed by atoms with Crippen LogP contribution in [0.4, 0.5) is 17.1 Å². The Hall–Kier alpha value is -3.45. The lowest BCUT2D eigenvalue weighted by Gasteiger charge is -2.25. The minimum absolute atomic E-state index is 0.0825. The molecule has 0 aliphatic carbocycles. The van der Waals surface area contributed by atoms with E-state index in [1.165, 1.54) is 0 Å². The molecule has 1 aliphatic rings. The molecule has 0 radical (unpaired) electrons. The van der Waals surface area contributed by atoms with E-state index in [2.05, 4.69) is 5.32 Å². The number of hydrogen-bond donors (Lipinski definition) is 1. The molecule has 2 amide bonds. The highest BCUT2D eigenvalue weighted by molar-refractivity contribution is 8.00. The largest absolute Gasteiger partial charge is 0.497 e. The first-order valence-electron chi connectivity index (χ1n) is 10.7. The molecule has 1 atom stereocenters. The Bertz CT molecular complexity index is 1110. The van der Waals surface area contributed by atoms with E-state index in [0.717, 1.165) is 33.9 Å². The summed E-state index contributed by atoms with van der Waals surface area (Å²) in [6, 6.07) is 23.2. The number of ether oxygens (including phenoxy) is 1. The average Bonchev–Trinajstić information content (AvgIpc) is 3.21. The number of carbonyl (C=O) groups excluding carboxylic acids is 2. The van der Waals surface area contributed by atoms with E-state index in [9.17, 15) is 9.59 Å². The van der Waals surface area contributed by atoms with Crippen molar-refractivity contribution in [2.75, 3.05) is 42.1 Å². The maximum Gasteiger partial charge on any atom is 0.238 e. The van der Waals surface area contributed by atoms with E-state index in [1.807, 2.05) is 96.7 Å². The van der Waals surface area contributed by atoms with E-state index < -0.39 is 0 Å². The second-order valence-corrected chi connectivity index (χ2v) is 9.10. The van der Waals surface area contributed by atoms with Gasteiger partial charge in [-0.3, -0.25) is 14.5 Å². The molecule has 3 aromatic carbocycles. The van der Waals surface area contributed by atoms with E-state index in [-0.39, 0.29) is 23.6 Å². The van der Waals surface area contributed by atoms with Crippen molar-refractivity contribution >= 4 is 40.6 Å². The topological polar surface area (TPSA) is 61.9 Å². The van der Waals surface area contributed by atoms with Crippen molar-refractivity contribution in [1.82, 2.24) is 0 Å². The standard InChI is InChI=1S/C26H27N3O3S/c1-28(2)21-10-12-22(13-11-21)29-25(31)17-33-26(29)19-6-8-20(9-7-19)27-24(30)16-18-4-14-23(32-3)15-5-18/h4-15,26H,16-17H2,1-3H3,(H,27,30)/t26-/m0/s1. The Labute approximate surface area is 198 Å². The van der Waals surface area contributed by atoms with Crippen molar-refractivity contribution in [3.05, 3.63) is 83.9 Å². The highest BCUT2D eigenvalue weighted by atomic mass is 32.2. The average molecular weight is 462 g/mol. The summed E-state index contributed by atoms with van der Waals surface area (Å²) < 4.78 is 5.15. The van der Waals surface area contributed by atoms with Crippen molar-refractivity contribution in [3.63, 3.8) is 0 Å². The Morgan fingerprint density at radius 2 is 1.70 bits per heavy atom. The fourth-order valence-corrected chi connectivity index (χ4v) is 4.90. The fraction of sp³-hybridized carbons (Fsp3) is 0.231. The van der Waals surface area contributed by atoms with Crippen molar-refractivity contribution in [3.8, 4) is 5.75 Å². The lowest BCUT2D eigenvalue weighted by Crippen LogP contribution is -2.27. The van der Waals surface area contributed by atoms with Gasteiger partial charge in [-0.05, 0) is 59.7 Å². The summed E-state index contributed by atoms with van der Waals surface area (Å²) in [5.74, 6) is 1.22. The number of thioether (sulfide) groups is 1. The van der Waals surface area contributed by atoms with Crippen LogP contribution in [0.15, 0.2) is 72.8 Å². The highest BCUT2D eigenvalue weighted by Crippen LogP contribution is 2.42. The van der Waals surface area contributed by atoms with Gasteiger partial charge < -0.3 is 15.0 Å². The molecule has 0 saturated carbocycles. The van der Waals surface area contributed by atoms with Gasteiger partial charge in [-0.15, -0.1) is 11.8 Å². The molecule has 7 heteroatoms. The molecule has 3 aromatic rings. The molecule has 33 heavy (non-hydrogen) atoms. The van der Waals surface area contributed by atoms with E-state index >= 15 is 0 Å². The molecular formula is C26H27N3O3S. The van der Waals surface area contributed by atoms with Crippen LogP contribution >= 0.6 is 11.8 Å². The first-order valence-corrected chi connectivity index (χ1v) is 11.7. The lowest BCUT2D eigenvalue weighted by molar-refractivity contribution is -0.116. The molecule has 0 bridgehead atoms. The van der Waals surface area contributed by atoms with Crippen LogP contribution in [0.5, 0.6) is 5.75 Å². The van der Waals surface area contributed by atoms with Crippen molar-refractivity contribution in [1.29, 1.82) is 0 Å². The van der Waals surface area contributed by atoms with Crippen LogP contribution in [0.2, 0.25) is 0 Å². The molecule has 1 fully saturated rings. The van der Waals surface area contributed by atoms with Gasteiger partial charge in [0, 0.05) is 31.2 Å². The van der Waals surface area contributed by atoms with E-state index in [1.54, 1.807) is 18.9 Å².